The van der Waals surface area contributed by atoms with Crippen molar-refractivity contribution >= 4 is 17.5 Å². The summed E-state index contributed by atoms with van der Waals surface area (Å²) >= 11 is 0. The summed E-state index contributed by atoms with van der Waals surface area (Å²) in [5.41, 5.74) is 2.46. The van der Waals surface area contributed by atoms with Crippen molar-refractivity contribution in [3.05, 3.63) is 101 Å². The molecule has 5 heteroatoms. The third-order valence-electron chi connectivity index (χ3n) is 4.16. The summed E-state index contributed by atoms with van der Waals surface area (Å²) in [6, 6.07) is 21.3. The molecule has 136 valence electrons. The number of carbonyl (C=O) groups is 2. The molecule has 0 saturated heterocycles. The van der Waals surface area contributed by atoms with Gasteiger partial charge in [0.15, 0.2) is 0 Å². The topological polar surface area (TPSA) is 58.2 Å². The minimum absolute atomic E-state index is 0.210. The zero-order valence-electron chi connectivity index (χ0n) is 14.8. The van der Waals surface area contributed by atoms with Crippen molar-refractivity contribution < 1.29 is 14.0 Å². The van der Waals surface area contributed by atoms with E-state index in [-0.39, 0.29) is 23.7 Å². The number of rotatable bonds is 5. The average Bonchev–Trinajstić information content (AvgIpc) is 2.69. The van der Waals surface area contributed by atoms with Gasteiger partial charge in [-0.1, -0.05) is 30.3 Å². The fraction of sp³-hybridized carbons (Fsp3) is 0.0909. The van der Waals surface area contributed by atoms with Crippen LogP contribution in [0.3, 0.4) is 0 Å². The number of halogens is 1. The molecule has 0 spiro atoms. The van der Waals surface area contributed by atoms with E-state index in [4.69, 9.17) is 0 Å². The molecule has 0 radical (unpaired) electrons. The molecule has 4 nitrogen and oxygen atoms in total. The Kier molecular flexibility index (Phi) is 5.61. The van der Waals surface area contributed by atoms with Gasteiger partial charge in [-0.25, -0.2) is 4.39 Å². The van der Waals surface area contributed by atoms with Crippen LogP contribution in [-0.2, 0) is 0 Å². The van der Waals surface area contributed by atoms with Gasteiger partial charge in [-0.3, -0.25) is 9.59 Å². The zero-order chi connectivity index (χ0) is 19.2. The third-order valence-corrected chi connectivity index (χ3v) is 4.16. The molecule has 0 aromatic heterocycles. The number of nitrogens with one attached hydrogen (secondary N) is 2. The maximum atomic E-state index is 13.0. The zero-order valence-corrected chi connectivity index (χ0v) is 14.8. The van der Waals surface area contributed by atoms with Crippen LogP contribution in [0.2, 0.25) is 0 Å². The maximum absolute atomic E-state index is 13.0. The van der Waals surface area contributed by atoms with Crippen LogP contribution in [-0.4, -0.2) is 11.8 Å². The van der Waals surface area contributed by atoms with Gasteiger partial charge in [0.05, 0.1) is 6.04 Å². The lowest BCUT2D eigenvalue weighted by molar-refractivity contribution is 0.0939. The summed E-state index contributed by atoms with van der Waals surface area (Å²) in [5, 5.41) is 5.66. The van der Waals surface area contributed by atoms with Gasteiger partial charge in [-0.2, -0.15) is 0 Å². The van der Waals surface area contributed by atoms with E-state index in [1.807, 2.05) is 13.0 Å². The number of carbonyl (C=O) groups excluding carboxylic acids is 2. The molecule has 3 rings (SSSR count). The standard InChI is InChI=1S/C22H19FN2O2/c1-15(16-7-11-19(23)12-8-16)24-21(26)18-9-13-20(14-10-18)25-22(27)17-5-3-2-4-6-17/h2-15H,1H3,(H,24,26)(H,25,27). The van der Waals surface area contributed by atoms with E-state index in [0.717, 1.165) is 5.56 Å². The highest BCUT2D eigenvalue weighted by Crippen LogP contribution is 2.15. The smallest absolute Gasteiger partial charge is 0.255 e. The highest BCUT2D eigenvalue weighted by molar-refractivity contribution is 6.04. The Morgan fingerprint density at radius 1 is 0.778 bits per heavy atom. The Labute approximate surface area is 157 Å². The molecule has 0 aliphatic rings. The van der Waals surface area contributed by atoms with E-state index in [1.54, 1.807) is 60.7 Å². The van der Waals surface area contributed by atoms with E-state index < -0.39 is 0 Å². The van der Waals surface area contributed by atoms with Crippen LogP contribution in [0.4, 0.5) is 10.1 Å². The van der Waals surface area contributed by atoms with E-state index in [9.17, 15) is 14.0 Å². The normalized spacial score (nSPS) is 11.5. The molecule has 27 heavy (non-hydrogen) atoms. The largest absolute Gasteiger partial charge is 0.346 e. The van der Waals surface area contributed by atoms with E-state index in [1.165, 1.54) is 12.1 Å². The molecule has 0 saturated carbocycles. The molecule has 2 amide bonds. The fourth-order valence-corrected chi connectivity index (χ4v) is 2.61. The monoisotopic (exact) mass is 362 g/mol. The highest BCUT2D eigenvalue weighted by Gasteiger charge is 2.12. The van der Waals surface area contributed by atoms with Gasteiger partial charge in [0, 0.05) is 16.8 Å². The third kappa shape index (κ3) is 4.79. The SMILES string of the molecule is CC(NC(=O)c1ccc(NC(=O)c2ccccc2)cc1)c1ccc(F)cc1. The molecule has 1 unspecified atom stereocenters. The van der Waals surface area contributed by atoms with E-state index in [0.29, 0.717) is 16.8 Å². The Morgan fingerprint density at radius 2 is 1.37 bits per heavy atom. The van der Waals surface area contributed by atoms with Crippen molar-refractivity contribution in [2.75, 3.05) is 5.32 Å². The number of hydrogen-bond acceptors (Lipinski definition) is 2. The predicted octanol–water partition coefficient (Wildman–Crippen LogP) is 4.57. The fourth-order valence-electron chi connectivity index (χ4n) is 2.61. The Hall–Kier alpha value is -3.47. The summed E-state index contributed by atoms with van der Waals surface area (Å²) in [5.74, 6) is -0.768. The van der Waals surface area contributed by atoms with Crippen molar-refractivity contribution in [1.29, 1.82) is 0 Å². The lowest BCUT2D eigenvalue weighted by Gasteiger charge is -2.14. The Balaban J connectivity index is 1.61. The van der Waals surface area contributed by atoms with Gasteiger partial charge in [0.2, 0.25) is 0 Å². The van der Waals surface area contributed by atoms with E-state index in [2.05, 4.69) is 10.6 Å². The molecular weight excluding hydrogens is 343 g/mol. The van der Waals surface area contributed by atoms with Crippen LogP contribution in [0, 0.1) is 5.82 Å². The molecule has 1 atom stereocenters. The summed E-state index contributed by atoms with van der Waals surface area (Å²) < 4.78 is 13.0. The second kappa shape index (κ2) is 8.27. The lowest BCUT2D eigenvalue weighted by Crippen LogP contribution is -2.26. The second-order valence-corrected chi connectivity index (χ2v) is 6.14. The van der Waals surface area contributed by atoms with Crippen LogP contribution < -0.4 is 10.6 Å². The number of amides is 2. The van der Waals surface area contributed by atoms with Gasteiger partial charge in [0.1, 0.15) is 5.82 Å². The predicted molar refractivity (Wildman–Crippen MR) is 103 cm³/mol. The average molecular weight is 362 g/mol. The minimum atomic E-state index is -0.314. The van der Waals surface area contributed by atoms with Crippen LogP contribution >= 0.6 is 0 Å². The maximum Gasteiger partial charge on any atom is 0.255 e. The quantitative estimate of drug-likeness (QED) is 0.698. The van der Waals surface area contributed by atoms with Crippen molar-refractivity contribution in [2.24, 2.45) is 0 Å². The Bertz CT molecular complexity index is 923. The van der Waals surface area contributed by atoms with Crippen LogP contribution in [0.5, 0.6) is 0 Å². The Morgan fingerprint density at radius 3 is 2.00 bits per heavy atom. The molecule has 0 aliphatic heterocycles. The van der Waals surface area contributed by atoms with Gasteiger partial charge < -0.3 is 10.6 Å². The molecule has 0 bridgehead atoms. The van der Waals surface area contributed by atoms with Crippen LogP contribution in [0.1, 0.15) is 39.2 Å². The van der Waals surface area contributed by atoms with Crippen molar-refractivity contribution in [3.63, 3.8) is 0 Å². The molecule has 0 fully saturated rings. The van der Waals surface area contributed by atoms with Crippen molar-refractivity contribution in [1.82, 2.24) is 5.32 Å². The number of benzene rings is 3. The summed E-state index contributed by atoms with van der Waals surface area (Å²) in [6.07, 6.45) is 0. The van der Waals surface area contributed by atoms with Gasteiger partial charge in [0.25, 0.3) is 11.8 Å². The van der Waals surface area contributed by atoms with Crippen molar-refractivity contribution in [2.45, 2.75) is 13.0 Å². The molecule has 2 N–H and O–H groups in total. The van der Waals surface area contributed by atoms with Crippen LogP contribution in [0.25, 0.3) is 0 Å². The first-order valence-corrected chi connectivity index (χ1v) is 8.56. The molecule has 0 heterocycles. The van der Waals surface area contributed by atoms with Gasteiger partial charge in [-0.05, 0) is 61.0 Å². The van der Waals surface area contributed by atoms with Gasteiger partial charge >= 0.3 is 0 Å². The molecule has 0 aliphatic carbocycles. The molecular formula is C22H19FN2O2. The molecule has 3 aromatic rings. The summed E-state index contributed by atoms with van der Waals surface area (Å²) in [6.45, 7) is 1.83. The lowest BCUT2D eigenvalue weighted by atomic mass is 10.1. The highest BCUT2D eigenvalue weighted by atomic mass is 19.1. The number of anilines is 1. The summed E-state index contributed by atoms with van der Waals surface area (Å²) in [4.78, 5) is 24.5. The van der Waals surface area contributed by atoms with Crippen LogP contribution in [0.15, 0.2) is 78.9 Å². The van der Waals surface area contributed by atoms with E-state index >= 15 is 0 Å². The first-order valence-electron chi connectivity index (χ1n) is 8.56. The molecule has 3 aromatic carbocycles. The first kappa shape index (κ1) is 18.3. The summed E-state index contributed by atoms with van der Waals surface area (Å²) in [7, 11) is 0. The minimum Gasteiger partial charge on any atom is -0.346 e. The van der Waals surface area contributed by atoms with Crippen molar-refractivity contribution in [3.8, 4) is 0 Å². The second-order valence-electron chi connectivity index (χ2n) is 6.14. The number of hydrogen-bond donors (Lipinski definition) is 2. The van der Waals surface area contributed by atoms with Gasteiger partial charge in [-0.15, -0.1) is 0 Å². The first-order chi connectivity index (χ1) is 13.0.